The van der Waals surface area contributed by atoms with Crippen LogP contribution in [0, 0.1) is 0 Å². The first kappa shape index (κ1) is 5.35. The van der Waals surface area contributed by atoms with E-state index in [9.17, 15) is 4.79 Å². The lowest BCUT2D eigenvalue weighted by Crippen LogP contribution is -2.09. The van der Waals surface area contributed by atoms with Gasteiger partial charge in [-0.25, -0.2) is 0 Å². The molecule has 0 unspecified atom stereocenters. The number of hydrogen-bond donors (Lipinski definition) is 0. The van der Waals surface area contributed by atoms with Gasteiger partial charge in [-0.2, -0.15) is 0 Å². The molecule has 8 heavy (non-hydrogen) atoms. The van der Waals surface area contributed by atoms with Crippen LogP contribution in [0.15, 0.2) is 12.2 Å². The maximum absolute atomic E-state index is 10.7. The second-order valence-corrected chi connectivity index (χ2v) is 2.07. The highest BCUT2D eigenvalue weighted by molar-refractivity contribution is 5.93. The van der Waals surface area contributed by atoms with Crippen LogP contribution < -0.4 is 0 Å². The molecule has 0 aromatic heterocycles. The zero-order chi connectivity index (χ0) is 6.15. The minimum atomic E-state index is 0.102. The van der Waals surface area contributed by atoms with E-state index >= 15 is 0 Å². The average Bonchev–Trinajstić information content (AvgIpc) is 2.43. The molecule has 1 rings (SSSR count). The van der Waals surface area contributed by atoms with Crippen molar-refractivity contribution in [2.75, 3.05) is 13.1 Å². The average molecular weight is 111 g/mol. The maximum atomic E-state index is 10.7. The molecule has 1 amide bonds. The van der Waals surface area contributed by atoms with Crippen LogP contribution >= 0.6 is 0 Å². The Hall–Kier alpha value is -0.790. The van der Waals surface area contributed by atoms with Crippen molar-refractivity contribution in [1.82, 2.24) is 4.90 Å². The third-order valence-corrected chi connectivity index (χ3v) is 1.10. The molecule has 2 nitrogen and oxygen atoms in total. The molecule has 0 radical (unpaired) electrons. The van der Waals surface area contributed by atoms with Crippen molar-refractivity contribution in [3.63, 3.8) is 0 Å². The Bertz CT molecular complexity index is 135. The van der Waals surface area contributed by atoms with Gasteiger partial charge in [-0.1, -0.05) is 6.58 Å². The van der Waals surface area contributed by atoms with E-state index in [1.54, 1.807) is 11.8 Å². The topological polar surface area (TPSA) is 20.1 Å². The van der Waals surface area contributed by atoms with E-state index in [0.717, 1.165) is 13.1 Å². The van der Waals surface area contributed by atoms with Crippen LogP contribution in [0.25, 0.3) is 0 Å². The predicted molar refractivity (Wildman–Crippen MR) is 31.4 cm³/mol. The molecule has 0 bridgehead atoms. The number of amides is 1. The Balaban J connectivity index is 2.45. The van der Waals surface area contributed by atoms with E-state index in [0.29, 0.717) is 5.57 Å². The van der Waals surface area contributed by atoms with Crippen molar-refractivity contribution in [3.05, 3.63) is 12.2 Å². The lowest BCUT2D eigenvalue weighted by atomic mass is 10.3. The highest BCUT2D eigenvalue weighted by Gasteiger charge is 2.23. The minimum absolute atomic E-state index is 0.102. The summed E-state index contributed by atoms with van der Waals surface area (Å²) in [5.41, 5.74) is 0.641. The largest absolute Gasteiger partial charge is 0.335 e. The summed E-state index contributed by atoms with van der Waals surface area (Å²) in [6.45, 7) is 7.11. The van der Waals surface area contributed by atoms with Crippen LogP contribution in [0.3, 0.4) is 0 Å². The molecule has 0 aromatic carbocycles. The number of carbonyl (C=O) groups excluding carboxylic acids is 1. The Kier molecular flexibility index (Phi) is 1.08. The zero-order valence-electron chi connectivity index (χ0n) is 4.98. The number of hydrogen-bond acceptors (Lipinski definition) is 1. The molecular weight excluding hydrogens is 102 g/mol. The molecule has 0 saturated carbocycles. The molecule has 0 aliphatic carbocycles. The molecule has 1 heterocycles. The predicted octanol–water partition coefficient (Wildman–Crippen LogP) is 0.405. The fraction of sp³-hybridized carbons (Fsp3) is 0.500. The van der Waals surface area contributed by atoms with Crippen LogP contribution in [-0.2, 0) is 4.79 Å². The van der Waals surface area contributed by atoms with Gasteiger partial charge in [0.15, 0.2) is 0 Å². The molecule has 0 N–H and O–H groups in total. The van der Waals surface area contributed by atoms with Gasteiger partial charge in [0.05, 0.1) is 0 Å². The Morgan fingerprint density at radius 3 is 2.25 bits per heavy atom. The van der Waals surface area contributed by atoms with Crippen molar-refractivity contribution < 1.29 is 4.79 Å². The molecule has 1 aliphatic heterocycles. The quantitative estimate of drug-likeness (QED) is 0.354. The van der Waals surface area contributed by atoms with Crippen molar-refractivity contribution in [3.8, 4) is 0 Å². The molecule has 0 atom stereocenters. The zero-order valence-corrected chi connectivity index (χ0v) is 4.98. The monoisotopic (exact) mass is 111 g/mol. The second kappa shape index (κ2) is 1.62. The normalized spacial score (nSPS) is 15.9. The van der Waals surface area contributed by atoms with Crippen LogP contribution in [0.5, 0.6) is 0 Å². The van der Waals surface area contributed by atoms with Gasteiger partial charge in [-0.15, -0.1) is 0 Å². The van der Waals surface area contributed by atoms with Crippen molar-refractivity contribution in [1.29, 1.82) is 0 Å². The third-order valence-electron chi connectivity index (χ3n) is 1.10. The van der Waals surface area contributed by atoms with Gasteiger partial charge in [0, 0.05) is 18.7 Å². The van der Waals surface area contributed by atoms with Gasteiger partial charge in [-0.05, 0) is 6.92 Å². The van der Waals surface area contributed by atoms with Gasteiger partial charge in [0.25, 0.3) is 0 Å². The van der Waals surface area contributed by atoms with Gasteiger partial charge in [0.1, 0.15) is 0 Å². The Morgan fingerprint density at radius 2 is 2.12 bits per heavy atom. The van der Waals surface area contributed by atoms with Crippen molar-refractivity contribution >= 4 is 5.91 Å². The minimum Gasteiger partial charge on any atom is -0.335 e. The fourth-order valence-corrected chi connectivity index (χ4v) is 0.523. The molecule has 2 heteroatoms. The van der Waals surface area contributed by atoms with Crippen molar-refractivity contribution in [2.45, 2.75) is 6.92 Å². The summed E-state index contributed by atoms with van der Waals surface area (Å²) in [7, 11) is 0. The first-order valence-electron chi connectivity index (χ1n) is 2.66. The third kappa shape index (κ3) is 0.886. The summed E-state index contributed by atoms with van der Waals surface area (Å²) in [6.07, 6.45) is 0. The lowest BCUT2D eigenvalue weighted by Gasteiger charge is -1.95. The van der Waals surface area contributed by atoms with E-state index in [2.05, 4.69) is 6.58 Å². The summed E-state index contributed by atoms with van der Waals surface area (Å²) in [6, 6.07) is 0. The Labute approximate surface area is 48.8 Å². The summed E-state index contributed by atoms with van der Waals surface area (Å²) < 4.78 is 0. The van der Waals surface area contributed by atoms with Gasteiger partial charge >= 0.3 is 0 Å². The van der Waals surface area contributed by atoms with Gasteiger partial charge < -0.3 is 4.90 Å². The van der Waals surface area contributed by atoms with Gasteiger partial charge in [0.2, 0.25) is 5.91 Å². The number of carbonyl (C=O) groups is 1. The molecule has 0 aromatic rings. The van der Waals surface area contributed by atoms with E-state index in [4.69, 9.17) is 0 Å². The second-order valence-electron chi connectivity index (χ2n) is 2.07. The highest BCUT2D eigenvalue weighted by Crippen LogP contribution is 2.07. The molecule has 0 spiro atoms. The summed E-state index contributed by atoms with van der Waals surface area (Å²) in [5.74, 6) is 0.102. The maximum Gasteiger partial charge on any atom is 0.249 e. The molecular formula is C6H9NO. The first-order chi connectivity index (χ1) is 3.72. The van der Waals surface area contributed by atoms with Gasteiger partial charge in [-0.3, -0.25) is 4.79 Å². The summed E-state index contributed by atoms with van der Waals surface area (Å²) >= 11 is 0. The number of rotatable bonds is 1. The van der Waals surface area contributed by atoms with E-state index < -0.39 is 0 Å². The Morgan fingerprint density at radius 1 is 1.62 bits per heavy atom. The van der Waals surface area contributed by atoms with Crippen LogP contribution in [0.2, 0.25) is 0 Å². The summed E-state index contributed by atoms with van der Waals surface area (Å²) in [5, 5.41) is 0. The number of nitrogens with zero attached hydrogens (tertiary/aromatic N) is 1. The van der Waals surface area contributed by atoms with Crippen LogP contribution in [-0.4, -0.2) is 23.9 Å². The SMILES string of the molecule is C=C(C)C(=O)N1CC1. The lowest BCUT2D eigenvalue weighted by molar-refractivity contribution is -0.121. The molecule has 1 aliphatic rings. The smallest absolute Gasteiger partial charge is 0.249 e. The first-order valence-corrected chi connectivity index (χ1v) is 2.66. The van der Waals surface area contributed by atoms with E-state index in [1.807, 2.05) is 0 Å². The van der Waals surface area contributed by atoms with Crippen molar-refractivity contribution in [2.24, 2.45) is 0 Å². The fourth-order valence-electron chi connectivity index (χ4n) is 0.523. The standard InChI is InChI=1S/C6H9NO/c1-5(2)6(8)7-3-4-7/h1,3-4H2,2H3. The summed E-state index contributed by atoms with van der Waals surface area (Å²) in [4.78, 5) is 12.5. The van der Waals surface area contributed by atoms with Crippen LogP contribution in [0.1, 0.15) is 6.92 Å². The molecule has 1 fully saturated rings. The van der Waals surface area contributed by atoms with E-state index in [1.165, 1.54) is 0 Å². The molecule has 44 valence electrons. The molecule has 1 saturated heterocycles. The highest BCUT2D eigenvalue weighted by atomic mass is 16.2. The van der Waals surface area contributed by atoms with Crippen LogP contribution in [0.4, 0.5) is 0 Å². The van der Waals surface area contributed by atoms with E-state index in [-0.39, 0.29) is 5.91 Å².